The number of thioether (sulfide) groups is 1. The average Bonchev–Trinajstić information content (AvgIpc) is 2.13. The van der Waals surface area contributed by atoms with Gasteiger partial charge in [-0.05, 0) is 30.9 Å². The van der Waals surface area contributed by atoms with Gasteiger partial charge >= 0.3 is 5.97 Å². The van der Waals surface area contributed by atoms with E-state index in [-0.39, 0.29) is 11.4 Å². The molecule has 0 aromatic rings. The SMILES string of the molecule is CCOC(=O)CCC1(O)CSCC(C)(C)C1. The Hall–Kier alpha value is -0.220. The van der Waals surface area contributed by atoms with Gasteiger partial charge < -0.3 is 9.84 Å². The minimum Gasteiger partial charge on any atom is -0.466 e. The Labute approximate surface area is 102 Å². The number of rotatable bonds is 4. The van der Waals surface area contributed by atoms with Gasteiger partial charge in [0.15, 0.2) is 0 Å². The molecule has 0 radical (unpaired) electrons. The summed E-state index contributed by atoms with van der Waals surface area (Å²) in [7, 11) is 0. The molecule has 1 saturated heterocycles. The Morgan fingerprint density at radius 3 is 2.69 bits per heavy atom. The molecule has 94 valence electrons. The second-order valence-electron chi connectivity index (χ2n) is 5.36. The lowest BCUT2D eigenvalue weighted by Gasteiger charge is -2.41. The van der Waals surface area contributed by atoms with Gasteiger partial charge in [-0.25, -0.2) is 0 Å². The normalized spacial score (nSPS) is 28.8. The summed E-state index contributed by atoms with van der Waals surface area (Å²) in [6, 6.07) is 0. The quantitative estimate of drug-likeness (QED) is 0.773. The van der Waals surface area contributed by atoms with Crippen LogP contribution in [-0.4, -0.2) is 34.8 Å². The van der Waals surface area contributed by atoms with E-state index < -0.39 is 5.60 Å². The first-order valence-electron chi connectivity index (χ1n) is 5.83. The third-order valence-corrected chi connectivity index (χ3v) is 4.50. The van der Waals surface area contributed by atoms with E-state index in [0.29, 0.717) is 19.4 Å². The highest BCUT2D eigenvalue weighted by Crippen LogP contribution is 2.41. The molecule has 1 aliphatic rings. The van der Waals surface area contributed by atoms with Gasteiger partial charge in [0.05, 0.1) is 12.2 Å². The molecule has 0 aromatic heterocycles. The zero-order chi connectivity index (χ0) is 12.2. The van der Waals surface area contributed by atoms with E-state index in [4.69, 9.17) is 4.74 Å². The van der Waals surface area contributed by atoms with E-state index in [1.807, 2.05) is 0 Å². The van der Waals surface area contributed by atoms with E-state index in [1.165, 1.54) is 0 Å². The third-order valence-electron chi connectivity index (χ3n) is 2.77. The molecule has 0 saturated carbocycles. The molecular formula is C12H22O3S. The van der Waals surface area contributed by atoms with Crippen LogP contribution in [0.5, 0.6) is 0 Å². The molecule has 16 heavy (non-hydrogen) atoms. The van der Waals surface area contributed by atoms with Gasteiger partial charge in [-0.15, -0.1) is 0 Å². The highest BCUT2D eigenvalue weighted by Gasteiger charge is 2.38. The van der Waals surface area contributed by atoms with Crippen LogP contribution in [0, 0.1) is 5.41 Å². The lowest BCUT2D eigenvalue weighted by Crippen LogP contribution is -2.42. The minimum absolute atomic E-state index is 0.159. The molecule has 1 unspecified atom stereocenters. The minimum atomic E-state index is -0.695. The van der Waals surface area contributed by atoms with Crippen molar-refractivity contribution in [1.82, 2.24) is 0 Å². The molecule has 0 bridgehead atoms. The lowest BCUT2D eigenvalue weighted by molar-refractivity contribution is -0.144. The Bertz CT molecular complexity index is 253. The van der Waals surface area contributed by atoms with E-state index in [2.05, 4.69) is 13.8 Å². The Kier molecular flexibility index (Phi) is 4.68. The molecule has 4 heteroatoms. The molecule has 1 fully saturated rings. The maximum absolute atomic E-state index is 11.2. The predicted octanol–water partition coefficient (Wildman–Crippen LogP) is 2.22. The van der Waals surface area contributed by atoms with Gasteiger partial charge in [-0.1, -0.05) is 13.8 Å². The summed E-state index contributed by atoms with van der Waals surface area (Å²) in [5.74, 6) is 1.61. The lowest BCUT2D eigenvalue weighted by atomic mass is 9.80. The molecule has 1 rings (SSSR count). The summed E-state index contributed by atoms with van der Waals surface area (Å²) in [6.07, 6.45) is 1.61. The fourth-order valence-electron chi connectivity index (χ4n) is 2.24. The van der Waals surface area contributed by atoms with Crippen molar-refractivity contribution in [2.45, 2.75) is 45.6 Å². The standard InChI is InChI=1S/C12H22O3S/c1-4-15-10(13)5-6-12(14)7-11(2,3)8-16-9-12/h14H,4-9H2,1-3H3. The van der Waals surface area contributed by atoms with Crippen molar-refractivity contribution in [3.63, 3.8) is 0 Å². The van der Waals surface area contributed by atoms with Crippen molar-refractivity contribution >= 4 is 17.7 Å². The number of hydrogen-bond acceptors (Lipinski definition) is 4. The molecule has 3 nitrogen and oxygen atoms in total. The van der Waals surface area contributed by atoms with Gasteiger partial charge in [0.1, 0.15) is 0 Å². The summed E-state index contributed by atoms with van der Waals surface area (Å²) in [6.45, 7) is 6.53. The van der Waals surface area contributed by atoms with Crippen molar-refractivity contribution in [1.29, 1.82) is 0 Å². The van der Waals surface area contributed by atoms with Crippen LogP contribution in [0.15, 0.2) is 0 Å². The average molecular weight is 246 g/mol. The van der Waals surface area contributed by atoms with Crippen LogP contribution in [0.4, 0.5) is 0 Å². The maximum atomic E-state index is 11.2. The number of esters is 1. The third kappa shape index (κ3) is 4.34. The molecule has 0 amide bonds. The Morgan fingerprint density at radius 2 is 2.12 bits per heavy atom. The number of aliphatic hydroxyl groups is 1. The van der Waals surface area contributed by atoms with Crippen molar-refractivity contribution in [3.8, 4) is 0 Å². The number of carbonyl (C=O) groups excluding carboxylic acids is 1. The summed E-state index contributed by atoms with van der Waals surface area (Å²) >= 11 is 1.77. The molecule has 0 aromatic carbocycles. The molecule has 0 aliphatic carbocycles. The first-order chi connectivity index (χ1) is 7.37. The first-order valence-corrected chi connectivity index (χ1v) is 6.98. The predicted molar refractivity (Wildman–Crippen MR) is 66.5 cm³/mol. The van der Waals surface area contributed by atoms with Crippen LogP contribution >= 0.6 is 11.8 Å². The second-order valence-corrected chi connectivity index (χ2v) is 6.35. The van der Waals surface area contributed by atoms with E-state index in [0.717, 1.165) is 17.9 Å². The number of ether oxygens (including phenoxy) is 1. The highest BCUT2D eigenvalue weighted by atomic mass is 32.2. The fraction of sp³-hybridized carbons (Fsp3) is 0.917. The molecule has 1 heterocycles. The monoisotopic (exact) mass is 246 g/mol. The Morgan fingerprint density at radius 1 is 1.44 bits per heavy atom. The van der Waals surface area contributed by atoms with E-state index in [9.17, 15) is 9.90 Å². The molecule has 1 atom stereocenters. The fourth-order valence-corrected chi connectivity index (χ4v) is 3.62. The summed E-state index contributed by atoms with van der Waals surface area (Å²) in [5.41, 5.74) is -0.536. The summed E-state index contributed by atoms with van der Waals surface area (Å²) in [4.78, 5) is 11.2. The van der Waals surface area contributed by atoms with Crippen LogP contribution in [0.3, 0.4) is 0 Å². The zero-order valence-corrected chi connectivity index (χ0v) is 11.2. The molecule has 0 spiro atoms. The Balaban J connectivity index is 2.42. The van der Waals surface area contributed by atoms with Crippen molar-refractivity contribution in [2.24, 2.45) is 5.41 Å². The van der Waals surface area contributed by atoms with Crippen molar-refractivity contribution in [2.75, 3.05) is 18.1 Å². The van der Waals surface area contributed by atoms with Crippen LogP contribution < -0.4 is 0 Å². The molecular weight excluding hydrogens is 224 g/mol. The van der Waals surface area contributed by atoms with Crippen LogP contribution in [0.1, 0.15) is 40.0 Å². The maximum Gasteiger partial charge on any atom is 0.305 e. The largest absolute Gasteiger partial charge is 0.466 e. The summed E-state index contributed by atoms with van der Waals surface area (Å²) in [5, 5.41) is 10.4. The van der Waals surface area contributed by atoms with Gasteiger partial charge in [0, 0.05) is 12.2 Å². The molecule has 1 N–H and O–H groups in total. The number of hydrogen-bond donors (Lipinski definition) is 1. The van der Waals surface area contributed by atoms with Gasteiger partial charge in [-0.2, -0.15) is 11.8 Å². The zero-order valence-electron chi connectivity index (χ0n) is 10.4. The number of carbonyl (C=O) groups is 1. The second kappa shape index (κ2) is 5.41. The van der Waals surface area contributed by atoms with Crippen LogP contribution in [-0.2, 0) is 9.53 Å². The van der Waals surface area contributed by atoms with Gasteiger partial charge in [0.25, 0.3) is 0 Å². The molecule has 1 aliphatic heterocycles. The van der Waals surface area contributed by atoms with Crippen LogP contribution in [0.25, 0.3) is 0 Å². The van der Waals surface area contributed by atoms with Gasteiger partial charge in [-0.3, -0.25) is 4.79 Å². The van der Waals surface area contributed by atoms with E-state index >= 15 is 0 Å². The van der Waals surface area contributed by atoms with Crippen LogP contribution in [0.2, 0.25) is 0 Å². The van der Waals surface area contributed by atoms with Gasteiger partial charge in [0.2, 0.25) is 0 Å². The first kappa shape index (κ1) is 13.8. The van der Waals surface area contributed by atoms with Crippen molar-refractivity contribution in [3.05, 3.63) is 0 Å². The summed E-state index contributed by atoms with van der Waals surface area (Å²) < 4.78 is 4.87. The van der Waals surface area contributed by atoms with E-state index in [1.54, 1.807) is 18.7 Å². The smallest absolute Gasteiger partial charge is 0.305 e. The van der Waals surface area contributed by atoms with Crippen molar-refractivity contribution < 1.29 is 14.6 Å². The topological polar surface area (TPSA) is 46.5 Å². The highest BCUT2D eigenvalue weighted by molar-refractivity contribution is 7.99.